The van der Waals surface area contributed by atoms with Crippen LogP contribution in [0.2, 0.25) is 0 Å². The molecule has 0 aliphatic rings. The third-order valence-electron chi connectivity index (χ3n) is 3.55. The summed E-state index contributed by atoms with van der Waals surface area (Å²) in [5.74, 6) is 1.20. The Labute approximate surface area is 145 Å². The van der Waals surface area contributed by atoms with Gasteiger partial charge >= 0.3 is 0 Å². The molecule has 1 aromatic heterocycles. The fourth-order valence-electron chi connectivity index (χ4n) is 2.16. The molecule has 0 spiro atoms. The van der Waals surface area contributed by atoms with Gasteiger partial charge in [0.05, 0.1) is 29.9 Å². The number of imidazole rings is 1. The van der Waals surface area contributed by atoms with Crippen LogP contribution >= 0.6 is 11.8 Å². The summed E-state index contributed by atoms with van der Waals surface area (Å²) in [6.07, 6.45) is 0. The summed E-state index contributed by atoms with van der Waals surface area (Å²) in [6.45, 7) is 5.87. The summed E-state index contributed by atoms with van der Waals surface area (Å²) in [7, 11) is 1.68. The van der Waals surface area contributed by atoms with E-state index in [2.05, 4.69) is 9.55 Å². The van der Waals surface area contributed by atoms with Gasteiger partial charge in [-0.15, -0.1) is 0 Å². The van der Waals surface area contributed by atoms with Crippen molar-refractivity contribution >= 4 is 17.4 Å². The summed E-state index contributed by atoms with van der Waals surface area (Å²) in [4.78, 5) is 14.9. The highest BCUT2D eigenvalue weighted by Crippen LogP contribution is 2.22. The Morgan fingerprint density at radius 1 is 1.33 bits per heavy atom. The van der Waals surface area contributed by atoms with Crippen molar-refractivity contribution in [2.45, 2.75) is 25.5 Å². The molecule has 0 aliphatic carbocycles. The minimum Gasteiger partial charge on any atom is -0.492 e. The highest BCUT2D eigenvalue weighted by atomic mass is 32.2. The van der Waals surface area contributed by atoms with Crippen LogP contribution in [-0.4, -0.2) is 40.6 Å². The van der Waals surface area contributed by atoms with E-state index in [4.69, 9.17) is 9.47 Å². The lowest BCUT2D eigenvalue weighted by Gasteiger charge is -2.09. The Morgan fingerprint density at radius 2 is 2.12 bits per heavy atom. The normalized spacial score (nSPS) is 10.8. The minimum atomic E-state index is -0.431. The molecule has 7 nitrogen and oxygen atoms in total. The zero-order valence-electron chi connectivity index (χ0n) is 14.0. The van der Waals surface area contributed by atoms with Gasteiger partial charge in [-0.2, -0.15) is 0 Å². The number of nitro benzene ring substituents is 1. The number of hydrogen-bond donors (Lipinski definition) is 0. The molecule has 0 saturated heterocycles. The van der Waals surface area contributed by atoms with E-state index >= 15 is 0 Å². The molecule has 0 aliphatic heterocycles. The number of aromatic nitrogens is 2. The maximum absolute atomic E-state index is 10.8. The summed E-state index contributed by atoms with van der Waals surface area (Å²) >= 11 is 1.60. The molecule has 0 atom stereocenters. The van der Waals surface area contributed by atoms with Crippen molar-refractivity contribution in [3.8, 4) is 5.75 Å². The zero-order chi connectivity index (χ0) is 17.5. The molecule has 0 fully saturated rings. The summed E-state index contributed by atoms with van der Waals surface area (Å²) in [6, 6.07) is 6.20. The van der Waals surface area contributed by atoms with Crippen molar-refractivity contribution in [2.24, 2.45) is 0 Å². The molecule has 0 saturated carbocycles. The van der Waals surface area contributed by atoms with Crippen LogP contribution in [0.1, 0.15) is 11.4 Å². The zero-order valence-corrected chi connectivity index (χ0v) is 14.8. The monoisotopic (exact) mass is 351 g/mol. The van der Waals surface area contributed by atoms with Crippen LogP contribution in [0, 0.1) is 24.0 Å². The van der Waals surface area contributed by atoms with Gasteiger partial charge in [-0.3, -0.25) is 10.1 Å². The molecule has 0 amide bonds. The molecule has 2 aromatic rings. The van der Waals surface area contributed by atoms with Crippen LogP contribution in [0.3, 0.4) is 0 Å². The predicted molar refractivity (Wildman–Crippen MR) is 92.9 cm³/mol. The maximum Gasteiger partial charge on any atom is 0.273 e. The van der Waals surface area contributed by atoms with Crippen molar-refractivity contribution in [1.29, 1.82) is 0 Å². The number of ether oxygens (including phenoxy) is 2. The van der Waals surface area contributed by atoms with Gasteiger partial charge in [0.1, 0.15) is 5.75 Å². The molecule has 0 radical (unpaired) electrons. The topological polar surface area (TPSA) is 79.4 Å². The van der Waals surface area contributed by atoms with Gasteiger partial charge < -0.3 is 14.0 Å². The largest absolute Gasteiger partial charge is 0.492 e. The molecular weight excluding hydrogens is 330 g/mol. The van der Waals surface area contributed by atoms with Gasteiger partial charge in [0.2, 0.25) is 0 Å². The fraction of sp³-hybridized carbons (Fsp3) is 0.438. The van der Waals surface area contributed by atoms with Crippen LogP contribution < -0.4 is 4.74 Å². The first-order chi connectivity index (χ1) is 11.5. The molecular formula is C16H21N3O4S. The number of nitro groups is 1. The van der Waals surface area contributed by atoms with Crippen LogP contribution in [0.15, 0.2) is 29.4 Å². The minimum absolute atomic E-state index is 0.0292. The third-order valence-corrected chi connectivity index (χ3v) is 4.49. The number of benzene rings is 1. The Bertz CT molecular complexity index is 703. The molecule has 0 bridgehead atoms. The lowest BCUT2D eigenvalue weighted by molar-refractivity contribution is -0.384. The molecule has 1 aromatic carbocycles. The summed E-state index contributed by atoms with van der Waals surface area (Å²) in [5, 5.41) is 11.7. The molecule has 130 valence electrons. The number of non-ortho nitro benzene ring substituents is 1. The van der Waals surface area contributed by atoms with E-state index < -0.39 is 4.92 Å². The van der Waals surface area contributed by atoms with Gasteiger partial charge in [0.25, 0.3) is 5.69 Å². The first-order valence-electron chi connectivity index (χ1n) is 7.55. The van der Waals surface area contributed by atoms with E-state index in [0.29, 0.717) is 24.7 Å². The van der Waals surface area contributed by atoms with E-state index in [1.54, 1.807) is 31.0 Å². The van der Waals surface area contributed by atoms with E-state index in [1.807, 2.05) is 13.8 Å². The smallest absolute Gasteiger partial charge is 0.273 e. The summed E-state index contributed by atoms with van der Waals surface area (Å²) in [5.41, 5.74) is 2.17. The van der Waals surface area contributed by atoms with Crippen molar-refractivity contribution in [3.05, 3.63) is 45.8 Å². The number of hydrogen-bond acceptors (Lipinski definition) is 6. The maximum atomic E-state index is 10.8. The van der Waals surface area contributed by atoms with Crippen molar-refractivity contribution in [1.82, 2.24) is 9.55 Å². The Hall–Kier alpha value is -2.06. The van der Waals surface area contributed by atoms with Gasteiger partial charge in [0.15, 0.2) is 5.16 Å². The standard InChI is InChI=1S/C16H21N3O4S/c1-12-13(2)18(7-8-22-3)16(17-12)24-10-9-23-15-6-4-5-14(11-15)19(20)21/h4-6,11H,7-10H2,1-3H3. The third kappa shape index (κ3) is 4.72. The van der Waals surface area contributed by atoms with Crippen LogP contribution in [-0.2, 0) is 11.3 Å². The highest BCUT2D eigenvalue weighted by molar-refractivity contribution is 7.99. The average Bonchev–Trinajstić information content (AvgIpc) is 2.84. The quantitative estimate of drug-likeness (QED) is 0.299. The average molecular weight is 351 g/mol. The summed E-state index contributed by atoms with van der Waals surface area (Å²) < 4.78 is 12.9. The number of thioether (sulfide) groups is 1. The molecule has 0 N–H and O–H groups in total. The van der Waals surface area contributed by atoms with Crippen molar-refractivity contribution in [3.63, 3.8) is 0 Å². The second-order valence-corrected chi connectivity index (χ2v) is 6.22. The van der Waals surface area contributed by atoms with Gasteiger partial charge in [-0.05, 0) is 19.9 Å². The molecule has 24 heavy (non-hydrogen) atoms. The second kappa shape index (κ2) is 8.70. The number of aryl methyl sites for hydroxylation is 1. The van der Waals surface area contributed by atoms with Crippen molar-refractivity contribution in [2.75, 3.05) is 26.1 Å². The molecule has 0 unspecified atom stereocenters. The van der Waals surface area contributed by atoms with Crippen LogP contribution in [0.25, 0.3) is 0 Å². The second-order valence-electron chi connectivity index (χ2n) is 5.16. The number of nitrogens with zero attached hydrogens (tertiary/aromatic N) is 3. The first-order valence-corrected chi connectivity index (χ1v) is 8.54. The van der Waals surface area contributed by atoms with Gasteiger partial charge in [-0.1, -0.05) is 17.8 Å². The molecule has 8 heteroatoms. The van der Waals surface area contributed by atoms with E-state index in [-0.39, 0.29) is 5.69 Å². The fourth-order valence-corrected chi connectivity index (χ4v) is 3.09. The SMILES string of the molecule is COCCn1c(SCCOc2cccc([N+](=O)[O-])c2)nc(C)c1C. The highest BCUT2D eigenvalue weighted by Gasteiger charge is 2.11. The van der Waals surface area contributed by atoms with Crippen LogP contribution in [0.4, 0.5) is 5.69 Å². The number of methoxy groups -OCH3 is 1. The Kier molecular flexibility index (Phi) is 6.62. The van der Waals surface area contributed by atoms with Crippen LogP contribution in [0.5, 0.6) is 5.75 Å². The Morgan fingerprint density at radius 3 is 2.83 bits per heavy atom. The Balaban J connectivity index is 1.89. The first kappa shape index (κ1) is 18.3. The number of rotatable bonds is 9. The molecule has 1 heterocycles. The van der Waals surface area contributed by atoms with E-state index in [9.17, 15) is 10.1 Å². The lowest BCUT2D eigenvalue weighted by Crippen LogP contribution is -2.08. The van der Waals surface area contributed by atoms with Gasteiger partial charge in [0, 0.05) is 31.2 Å². The van der Waals surface area contributed by atoms with Gasteiger partial charge in [-0.25, -0.2) is 4.98 Å². The predicted octanol–water partition coefficient (Wildman–Crippen LogP) is 3.23. The van der Waals surface area contributed by atoms with E-state index in [0.717, 1.165) is 23.1 Å². The molecule has 2 rings (SSSR count). The van der Waals surface area contributed by atoms with E-state index in [1.165, 1.54) is 12.1 Å². The van der Waals surface area contributed by atoms with Crippen molar-refractivity contribution < 1.29 is 14.4 Å². The lowest BCUT2D eigenvalue weighted by atomic mass is 10.3.